The first-order chi connectivity index (χ1) is 18.6. The Morgan fingerprint density at radius 2 is 1.03 bits per heavy atom. The van der Waals surface area contributed by atoms with Gasteiger partial charge in [0.1, 0.15) is 0 Å². The average molecular weight is 512 g/mol. The molecule has 0 aliphatic heterocycles. The molecule has 0 aliphatic rings. The molecule has 0 saturated carbocycles. The smallest absolute Gasteiger partial charge is 0.0725 e. The molecule has 4 aromatic rings. The maximum absolute atomic E-state index is 4.50. The number of aryl methyl sites for hydroxylation is 2. The summed E-state index contributed by atoms with van der Waals surface area (Å²) in [5.74, 6) is 0. The highest BCUT2D eigenvalue weighted by atomic mass is 15.1. The van der Waals surface area contributed by atoms with Crippen LogP contribution in [0.2, 0.25) is 0 Å². The highest BCUT2D eigenvalue weighted by Gasteiger charge is 2.04. The van der Waals surface area contributed by atoms with E-state index in [1.54, 1.807) is 0 Å². The van der Waals surface area contributed by atoms with Crippen molar-refractivity contribution in [2.45, 2.75) is 65.2 Å². The highest BCUT2D eigenvalue weighted by molar-refractivity contribution is 5.92. The molecule has 0 radical (unpaired) electrons. The van der Waals surface area contributed by atoms with E-state index in [9.17, 15) is 0 Å². The van der Waals surface area contributed by atoms with E-state index < -0.39 is 0 Å². The molecule has 0 aliphatic carbocycles. The van der Waals surface area contributed by atoms with Crippen molar-refractivity contribution in [3.05, 3.63) is 72.1 Å². The minimum Gasteiger partial charge on any atom is -0.384 e. The number of hydrogen-bond acceptors (Lipinski definition) is 5. The Bertz CT molecular complexity index is 1190. The third-order valence-electron chi connectivity index (χ3n) is 7.36. The molecule has 2 N–H and O–H groups in total. The monoisotopic (exact) mass is 511 g/mol. The summed E-state index contributed by atoms with van der Waals surface area (Å²) >= 11 is 0. The molecule has 0 spiro atoms. The quantitative estimate of drug-likeness (QED) is 0.149. The first-order valence-electron chi connectivity index (χ1n) is 14.5. The van der Waals surface area contributed by atoms with E-state index in [0.29, 0.717) is 0 Å². The van der Waals surface area contributed by atoms with Crippen LogP contribution in [0.25, 0.3) is 21.8 Å². The summed E-state index contributed by atoms with van der Waals surface area (Å²) in [6.07, 6.45) is 14.0. The summed E-state index contributed by atoms with van der Waals surface area (Å²) < 4.78 is 0. The lowest BCUT2D eigenvalue weighted by molar-refractivity contribution is 0.315. The standard InChI is InChI=1S/C33H45N5/c1-26-12-14-28-30(16-20-36-32(28)24-26)34-18-8-4-6-10-22-38(3)23-11-7-5-9-19-35-31-17-21-37-33-25-27(2)13-15-29(31)33/h12-17,20-21,24-25H,4-11,18-19,22-23H2,1-3H3,(H,34,36)(H,35,37). The number of pyridine rings is 2. The van der Waals surface area contributed by atoms with Crippen LogP contribution < -0.4 is 10.6 Å². The van der Waals surface area contributed by atoms with E-state index in [2.05, 4.69) is 94.9 Å². The van der Waals surface area contributed by atoms with Crippen molar-refractivity contribution >= 4 is 33.2 Å². The lowest BCUT2D eigenvalue weighted by atomic mass is 10.1. The van der Waals surface area contributed by atoms with Crippen molar-refractivity contribution in [2.24, 2.45) is 0 Å². The van der Waals surface area contributed by atoms with E-state index >= 15 is 0 Å². The second-order valence-electron chi connectivity index (χ2n) is 10.7. The maximum atomic E-state index is 4.50. The number of aromatic nitrogens is 2. The van der Waals surface area contributed by atoms with Gasteiger partial charge in [-0.25, -0.2) is 0 Å². The molecule has 4 rings (SSSR count). The Morgan fingerprint density at radius 3 is 1.50 bits per heavy atom. The Morgan fingerprint density at radius 1 is 0.579 bits per heavy atom. The first-order valence-corrected chi connectivity index (χ1v) is 14.5. The van der Waals surface area contributed by atoms with Crippen molar-refractivity contribution in [3.8, 4) is 0 Å². The van der Waals surface area contributed by atoms with Gasteiger partial charge in [0.05, 0.1) is 11.0 Å². The van der Waals surface area contributed by atoms with Crippen LogP contribution in [0, 0.1) is 13.8 Å². The van der Waals surface area contributed by atoms with Gasteiger partial charge in [-0.1, -0.05) is 49.9 Å². The summed E-state index contributed by atoms with van der Waals surface area (Å²) in [7, 11) is 2.27. The van der Waals surface area contributed by atoms with E-state index in [4.69, 9.17) is 0 Å². The van der Waals surface area contributed by atoms with Gasteiger partial charge in [0.25, 0.3) is 0 Å². The lowest BCUT2D eigenvalue weighted by Gasteiger charge is -2.16. The Balaban J connectivity index is 0.996. The molecule has 0 atom stereocenters. The van der Waals surface area contributed by atoms with Gasteiger partial charge in [0.2, 0.25) is 0 Å². The van der Waals surface area contributed by atoms with Crippen LogP contribution in [0.5, 0.6) is 0 Å². The molecular formula is C33H45N5. The third kappa shape index (κ3) is 8.42. The Kier molecular flexibility index (Phi) is 10.8. The van der Waals surface area contributed by atoms with E-state index in [1.807, 2.05) is 12.4 Å². The summed E-state index contributed by atoms with van der Waals surface area (Å²) in [6.45, 7) is 8.69. The van der Waals surface area contributed by atoms with Crippen LogP contribution in [0.3, 0.4) is 0 Å². The average Bonchev–Trinajstić information content (AvgIpc) is 2.91. The van der Waals surface area contributed by atoms with Crippen LogP contribution >= 0.6 is 0 Å². The number of nitrogens with one attached hydrogen (secondary N) is 2. The maximum Gasteiger partial charge on any atom is 0.0725 e. The van der Waals surface area contributed by atoms with Gasteiger partial charge in [-0.2, -0.15) is 0 Å². The van der Waals surface area contributed by atoms with Gasteiger partial charge in [-0.05, 0) is 95.1 Å². The third-order valence-corrected chi connectivity index (χ3v) is 7.36. The normalized spacial score (nSPS) is 11.5. The predicted octanol–water partition coefficient (Wildman–Crippen LogP) is 7.98. The predicted molar refractivity (Wildman–Crippen MR) is 164 cm³/mol. The van der Waals surface area contributed by atoms with E-state index in [1.165, 1.54) is 97.7 Å². The molecule has 0 saturated heterocycles. The van der Waals surface area contributed by atoms with Crippen molar-refractivity contribution in [1.29, 1.82) is 0 Å². The number of unbranched alkanes of at least 4 members (excludes halogenated alkanes) is 6. The van der Waals surface area contributed by atoms with Crippen molar-refractivity contribution < 1.29 is 0 Å². The molecular weight excluding hydrogens is 466 g/mol. The number of rotatable bonds is 16. The van der Waals surface area contributed by atoms with E-state index in [0.717, 1.165) is 24.1 Å². The molecule has 5 nitrogen and oxygen atoms in total. The first kappa shape index (κ1) is 27.8. The molecule has 0 amide bonds. The minimum absolute atomic E-state index is 1.02. The van der Waals surface area contributed by atoms with E-state index in [-0.39, 0.29) is 0 Å². The van der Waals surface area contributed by atoms with Crippen LogP contribution in [0.4, 0.5) is 11.4 Å². The fraction of sp³-hybridized carbons (Fsp3) is 0.455. The van der Waals surface area contributed by atoms with Gasteiger partial charge < -0.3 is 15.5 Å². The topological polar surface area (TPSA) is 53.1 Å². The zero-order valence-corrected chi connectivity index (χ0v) is 23.6. The number of benzene rings is 2. The summed E-state index contributed by atoms with van der Waals surface area (Å²) in [6, 6.07) is 17.2. The molecule has 2 aromatic heterocycles. The largest absolute Gasteiger partial charge is 0.384 e. The molecule has 0 fully saturated rings. The number of hydrogen-bond donors (Lipinski definition) is 2. The Labute approximate surface area is 229 Å². The highest BCUT2D eigenvalue weighted by Crippen LogP contribution is 2.23. The molecule has 38 heavy (non-hydrogen) atoms. The molecule has 2 heterocycles. The summed E-state index contributed by atoms with van der Waals surface area (Å²) in [4.78, 5) is 11.5. The SMILES string of the molecule is Cc1ccc2c(NCCCCCCN(C)CCCCCCNc3ccnc4cc(C)ccc34)ccnc2c1. The van der Waals surface area contributed by atoms with Crippen molar-refractivity contribution in [1.82, 2.24) is 14.9 Å². The minimum atomic E-state index is 1.02. The molecule has 5 heteroatoms. The van der Waals surface area contributed by atoms with Gasteiger partial charge in [0.15, 0.2) is 0 Å². The van der Waals surface area contributed by atoms with Crippen molar-refractivity contribution in [3.63, 3.8) is 0 Å². The van der Waals surface area contributed by atoms with Gasteiger partial charge in [0, 0.05) is 47.6 Å². The number of fused-ring (bicyclic) bond motifs is 2. The van der Waals surface area contributed by atoms with Crippen LogP contribution in [-0.4, -0.2) is 48.1 Å². The zero-order valence-electron chi connectivity index (χ0n) is 23.6. The van der Waals surface area contributed by atoms with Crippen LogP contribution in [0.1, 0.15) is 62.5 Å². The molecule has 2 aromatic carbocycles. The van der Waals surface area contributed by atoms with Crippen LogP contribution in [0.15, 0.2) is 60.9 Å². The fourth-order valence-electron chi connectivity index (χ4n) is 5.10. The fourth-order valence-corrected chi connectivity index (χ4v) is 5.10. The van der Waals surface area contributed by atoms with Gasteiger partial charge >= 0.3 is 0 Å². The number of nitrogens with zero attached hydrogens (tertiary/aromatic N) is 3. The van der Waals surface area contributed by atoms with Crippen molar-refractivity contribution in [2.75, 3.05) is 43.9 Å². The molecule has 0 bridgehead atoms. The summed E-state index contributed by atoms with van der Waals surface area (Å²) in [5, 5.41) is 9.67. The second-order valence-corrected chi connectivity index (χ2v) is 10.7. The second kappa shape index (κ2) is 14.7. The van der Waals surface area contributed by atoms with Crippen LogP contribution in [-0.2, 0) is 0 Å². The lowest BCUT2D eigenvalue weighted by Crippen LogP contribution is -2.21. The van der Waals surface area contributed by atoms with Gasteiger partial charge in [-0.15, -0.1) is 0 Å². The Hall–Kier alpha value is -3.18. The zero-order chi connectivity index (χ0) is 26.6. The molecule has 0 unspecified atom stereocenters. The van der Waals surface area contributed by atoms with Gasteiger partial charge in [-0.3, -0.25) is 9.97 Å². The summed E-state index contributed by atoms with van der Waals surface area (Å²) in [5.41, 5.74) is 7.06. The molecule has 202 valence electrons. The number of anilines is 2.